The summed E-state index contributed by atoms with van der Waals surface area (Å²) >= 11 is 0. The van der Waals surface area contributed by atoms with Gasteiger partial charge in [-0.25, -0.2) is 4.39 Å². The molecule has 0 spiro atoms. The van der Waals surface area contributed by atoms with E-state index in [1.54, 1.807) is 29.2 Å². The van der Waals surface area contributed by atoms with E-state index in [-0.39, 0.29) is 28.3 Å². The number of nitriles is 1. The molecule has 4 rings (SSSR count). The molecule has 2 aliphatic rings. The van der Waals surface area contributed by atoms with Gasteiger partial charge in [0.25, 0.3) is 5.69 Å². The predicted molar refractivity (Wildman–Crippen MR) is 117 cm³/mol. The number of halogens is 1. The lowest BCUT2D eigenvalue weighted by Gasteiger charge is -2.43. The van der Waals surface area contributed by atoms with Crippen molar-refractivity contribution < 1.29 is 14.1 Å². The molecule has 7 nitrogen and oxygen atoms in total. The van der Waals surface area contributed by atoms with Crippen molar-refractivity contribution in [1.29, 1.82) is 5.26 Å². The van der Waals surface area contributed by atoms with Crippen molar-refractivity contribution in [2.75, 3.05) is 4.90 Å². The molecule has 1 heterocycles. The van der Waals surface area contributed by atoms with Crippen molar-refractivity contribution in [2.24, 2.45) is 11.1 Å². The maximum absolute atomic E-state index is 13.6. The molecule has 0 aromatic heterocycles. The first-order valence-corrected chi connectivity index (χ1v) is 10.1. The second-order valence-corrected chi connectivity index (χ2v) is 8.81. The Hall–Kier alpha value is -3.99. The topological polar surface area (TPSA) is 113 Å². The van der Waals surface area contributed by atoms with Gasteiger partial charge >= 0.3 is 0 Å². The van der Waals surface area contributed by atoms with Gasteiger partial charge < -0.3 is 5.73 Å². The number of ketones is 1. The molecule has 2 aromatic rings. The van der Waals surface area contributed by atoms with Crippen molar-refractivity contribution in [3.8, 4) is 6.07 Å². The van der Waals surface area contributed by atoms with Crippen molar-refractivity contribution in [1.82, 2.24) is 0 Å². The minimum absolute atomic E-state index is 0.0766. The third-order valence-electron chi connectivity index (χ3n) is 5.90. The lowest BCUT2D eigenvalue weighted by molar-refractivity contribution is -0.384. The van der Waals surface area contributed by atoms with Crippen LogP contribution in [0, 0.1) is 32.7 Å². The molecule has 1 aliphatic heterocycles. The number of hydrogen-bond acceptors (Lipinski definition) is 6. The van der Waals surface area contributed by atoms with Crippen LogP contribution < -0.4 is 10.6 Å². The van der Waals surface area contributed by atoms with E-state index in [1.165, 1.54) is 24.3 Å². The highest BCUT2D eigenvalue weighted by molar-refractivity contribution is 6.01. The number of anilines is 1. The molecule has 0 radical (unpaired) electrons. The summed E-state index contributed by atoms with van der Waals surface area (Å²) in [6.45, 7) is 3.96. The number of carbonyl (C=O) groups is 1. The largest absolute Gasteiger partial charge is 0.384 e. The minimum atomic E-state index is -0.700. The average molecular weight is 432 g/mol. The van der Waals surface area contributed by atoms with Gasteiger partial charge in [0.15, 0.2) is 5.78 Å². The molecule has 2 N–H and O–H groups in total. The van der Waals surface area contributed by atoms with Crippen LogP contribution in [-0.2, 0) is 4.79 Å². The highest BCUT2D eigenvalue weighted by Gasteiger charge is 2.44. The number of Topliss-reactive ketones (excluding diaryl/α,β-unsaturated/α-hetero) is 1. The SMILES string of the molecule is CC1(C)CC(=O)C2=C(C1)N(c1ccc([N+](=O)[O-])cc1)C(N)=C(C#N)[C@H]2c1ccc(F)cc1. The highest BCUT2D eigenvalue weighted by atomic mass is 19.1. The number of nitro benzene ring substituents is 1. The van der Waals surface area contributed by atoms with Crippen molar-refractivity contribution in [2.45, 2.75) is 32.6 Å². The fourth-order valence-electron chi connectivity index (χ4n) is 4.52. The van der Waals surface area contributed by atoms with Crippen molar-refractivity contribution >= 4 is 17.2 Å². The summed E-state index contributed by atoms with van der Waals surface area (Å²) in [5.74, 6) is -1.07. The second kappa shape index (κ2) is 7.61. The number of nitrogens with zero attached hydrogens (tertiary/aromatic N) is 3. The van der Waals surface area contributed by atoms with Crippen molar-refractivity contribution in [3.05, 3.63) is 92.7 Å². The van der Waals surface area contributed by atoms with Gasteiger partial charge in [0, 0.05) is 35.5 Å². The van der Waals surface area contributed by atoms with Gasteiger partial charge in [-0.2, -0.15) is 5.26 Å². The van der Waals surface area contributed by atoms with E-state index in [1.807, 2.05) is 13.8 Å². The van der Waals surface area contributed by atoms with Gasteiger partial charge in [0.1, 0.15) is 11.6 Å². The second-order valence-electron chi connectivity index (χ2n) is 8.81. The van der Waals surface area contributed by atoms with Gasteiger partial charge in [-0.05, 0) is 41.7 Å². The van der Waals surface area contributed by atoms with E-state index in [2.05, 4.69) is 6.07 Å². The van der Waals surface area contributed by atoms with Crippen LogP contribution in [0.1, 0.15) is 38.2 Å². The highest BCUT2D eigenvalue weighted by Crippen LogP contribution is 2.50. The van der Waals surface area contributed by atoms with Gasteiger partial charge in [-0.15, -0.1) is 0 Å². The molecule has 8 heteroatoms. The number of benzene rings is 2. The first-order valence-electron chi connectivity index (χ1n) is 10.1. The van der Waals surface area contributed by atoms with Gasteiger partial charge in [-0.3, -0.25) is 19.8 Å². The van der Waals surface area contributed by atoms with Crippen LogP contribution in [0.4, 0.5) is 15.8 Å². The standard InChI is InChI=1S/C24H21FN4O3/c1-24(2)11-19-22(20(30)12-24)21(14-3-5-15(25)6-4-14)18(13-26)23(27)28(19)16-7-9-17(10-8-16)29(31)32/h3-10,21H,11-12,27H2,1-2H3/t21-/m1/s1. The maximum Gasteiger partial charge on any atom is 0.269 e. The Morgan fingerprint density at radius 2 is 1.78 bits per heavy atom. The summed E-state index contributed by atoms with van der Waals surface area (Å²) in [5, 5.41) is 21.1. The van der Waals surface area contributed by atoms with Crippen molar-refractivity contribution in [3.63, 3.8) is 0 Å². The first-order chi connectivity index (χ1) is 15.1. The van der Waals surface area contributed by atoms with Crippen LogP contribution in [0.15, 0.2) is 71.2 Å². The van der Waals surface area contributed by atoms with Gasteiger partial charge in [0.05, 0.1) is 22.5 Å². The van der Waals surface area contributed by atoms with Crippen LogP contribution >= 0.6 is 0 Å². The normalized spacial score (nSPS) is 20.1. The molecule has 0 saturated heterocycles. The Balaban J connectivity index is 1.96. The quantitative estimate of drug-likeness (QED) is 0.557. The molecule has 0 fully saturated rings. The monoisotopic (exact) mass is 432 g/mol. The zero-order valence-corrected chi connectivity index (χ0v) is 17.6. The molecular formula is C24H21FN4O3. The van der Waals surface area contributed by atoms with Crippen LogP contribution in [0.25, 0.3) is 0 Å². The number of allylic oxidation sites excluding steroid dienone is 3. The fraction of sp³-hybridized carbons (Fsp3) is 0.250. The first kappa shape index (κ1) is 21.2. The average Bonchev–Trinajstić information content (AvgIpc) is 2.73. The molecule has 2 aromatic carbocycles. The fourth-order valence-corrected chi connectivity index (χ4v) is 4.52. The number of carbonyl (C=O) groups excluding carboxylic acids is 1. The zero-order chi connectivity index (χ0) is 23.2. The molecule has 1 atom stereocenters. The van der Waals surface area contributed by atoms with Crippen LogP contribution in [0.5, 0.6) is 0 Å². The van der Waals surface area contributed by atoms with E-state index in [0.717, 1.165) is 0 Å². The Morgan fingerprint density at radius 1 is 1.16 bits per heavy atom. The molecule has 0 unspecified atom stereocenters. The Morgan fingerprint density at radius 3 is 2.34 bits per heavy atom. The third-order valence-corrected chi connectivity index (χ3v) is 5.90. The molecule has 162 valence electrons. The number of hydrogen-bond donors (Lipinski definition) is 1. The lowest BCUT2D eigenvalue weighted by atomic mass is 9.68. The van der Waals surface area contributed by atoms with E-state index < -0.39 is 16.7 Å². The van der Waals surface area contributed by atoms with Crippen LogP contribution in [-0.4, -0.2) is 10.7 Å². The number of non-ortho nitro benzene ring substituents is 1. The summed E-state index contributed by atoms with van der Waals surface area (Å²) in [5.41, 5.74) is 8.50. The molecular weight excluding hydrogens is 411 g/mol. The summed E-state index contributed by atoms with van der Waals surface area (Å²) in [4.78, 5) is 25.6. The summed E-state index contributed by atoms with van der Waals surface area (Å²) < 4.78 is 13.6. The molecule has 0 saturated carbocycles. The third kappa shape index (κ3) is 3.52. The molecule has 32 heavy (non-hydrogen) atoms. The van der Waals surface area contributed by atoms with E-state index in [4.69, 9.17) is 5.73 Å². The Labute approximate surface area is 184 Å². The number of nitrogens with two attached hydrogens (primary N) is 1. The molecule has 0 amide bonds. The molecule has 1 aliphatic carbocycles. The Bertz CT molecular complexity index is 1220. The lowest BCUT2D eigenvalue weighted by Crippen LogP contribution is -2.42. The van der Waals surface area contributed by atoms with Gasteiger partial charge in [-0.1, -0.05) is 26.0 Å². The maximum atomic E-state index is 13.6. The number of rotatable bonds is 3. The molecule has 0 bridgehead atoms. The predicted octanol–water partition coefficient (Wildman–Crippen LogP) is 4.67. The number of nitro groups is 1. The zero-order valence-electron chi connectivity index (χ0n) is 17.6. The summed E-state index contributed by atoms with van der Waals surface area (Å²) in [7, 11) is 0. The van der Waals surface area contributed by atoms with Crippen LogP contribution in [0.3, 0.4) is 0 Å². The van der Waals surface area contributed by atoms with E-state index in [9.17, 15) is 24.6 Å². The smallest absolute Gasteiger partial charge is 0.269 e. The van der Waals surface area contributed by atoms with Crippen LogP contribution in [0.2, 0.25) is 0 Å². The minimum Gasteiger partial charge on any atom is -0.384 e. The Kier molecular flexibility index (Phi) is 5.05. The van der Waals surface area contributed by atoms with E-state index in [0.29, 0.717) is 35.4 Å². The summed E-state index contributed by atoms with van der Waals surface area (Å²) in [6.07, 6.45) is 0.818. The summed E-state index contributed by atoms with van der Waals surface area (Å²) in [6, 6.07) is 13.7. The van der Waals surface area contributed by atoms with Gasteiger partial charge in [0.2, 0.25) is 0 Å². The van der Waals surface area contributed by atoms with E-state index >= 15 is 0 Å².